The minimum Gasteiger partial charge on any atom is -0.339 e. The van der Waals surface area contributed by atoms with Crippen LogP contribution in [0.1, 0.15) is 16.7 Å². The molecule has 0 fully saturated rings. The minimum atomic E-state index is 0.326. The minimum absolute atomic E-state index is 0.326. The van der Waals surface area contributed by atoms with Crippen molar-refractivity contribution in [2.24, 2.45) is 0 Å². The SMILES string of the molecule is Cc1ccc(Nc2cnnc(Nc3ccccc3C#N)n2)c(C)c1. The van der Waals surface area contributed by atoms with Crippen molar-refractivity contribution in [2.45, 2.75) is 13.8 Å². The van der Waals surface area contributed by atoms with Crippen LogP contribution in [0.4, 0.5) is 23.1 Å². The fourth-order valence-corrected chi connectivity index (χ4v) is 2.32. The van der Waals surface area contributed by atoms with Crippen molar-refractivity contribution >= 4 is 23.1 Å². The Morgan fingerprint density at radius 3 is 2.62 bits per heavy atom. The zero-order chi connectivity index (χ0) is 16.9. The van der Waals surface area contributed by atoms with Crippen LogP contribution < -0.4 is 10.6 Å². The molecule has 3 rings (SSSR count). The van der Waals surface area contributed by atoms with Crippen LogP contribution in [0, 0.1) is 25.2 Å². The highest BCUT2D eigenvalue weighted by atomic mass is 15.3. The molecule has 1 aromatic heterocycles. The second-order valence-electron chi connectivity index (χ2n) is 5.39. The molecule has 24 heavy (non-hydrogen) atoms. The lowest BCUT2D eigenvalue weighted by atomic mass is 10.1. The summed E-state index contributed by atoms with van der Waals surface area (Å²) in [6, 6.07) is 15.4. The summed E-state index contributed by atoms with van der Waals surface area (Å²) in [6.45, 7) is 4.09. The Kier molecular flexibility index (Phi) is 4.34. The van der Waals surface area contributed by atoms with Gasteiger partial charge in [-0.15, -0.1) is 5.10 Å². The van der Waals surface area contributed by atoms with Gasteiger partial charge in [0.15, 0.2) is 5.82 Å². The fraction of sp³-hybridized carbons (Fsp3) is 0.111. The number of aromatic nitrogens is 3. The van der Waals surface area contributed by atoms with E-state index in [0.717, 1.165) is 11.3 Å². The van der Waals surface area contributed by atoms with E-state index in [4.69, 9.17) is 5.26 Å². The Hall–Kier alpha value is -3.46. The van der Waals surface area contributed by atoms with Gasteiger partial charge in [-0.2, -0.15) is 15.3 Å². The van der Waals surface area contributed by atoms with Crippen LogP contribution in [0.3, 0.4) is 0 Å². The van der Waals surface area contributed by atoms with Crippen molar-refractivity contribution in [3.8, 4) is 6.07 Å². The van der Waals surface area contributed by atoms with E-state index in [2.05, 4.69) is 44.9 Å². The van der Waals surface area contributed by atoms with E-state index in [1.165, 1.54) is 5.56 Å². The number of hydrogen-bond acceptors (Lipinski definition) is 6. The van der Waals surface area contributed by atoms with Gasteiger partial charge >= 0.3 is 0 Å². The summed E-state index contributed by atoms with van der Waals surface area (Å²) >= 11 is 0. The molecule has 0 bridgehead atoms. The summed E-state index contributed by atoms with van der Waals surface area (Å²) in [7, 11) is 0. The average Bonchev–Trinajstić information content (AvgIpc) is 2.58. The molecule has 0 unspecified atom stereocenters. The standard InChI is InChI=1S/C18H16N6/c1-12-7-8-15(13(2)9-12)21-17-11-20-24-18(23-17)22-16-6-4-3-5-14(16)10-19/h3-9,11H,1-2H3,(H2,21,22,23,24). The van der Waals surface area contributed by atoms with Gasteiger partial charge in [0, 0.05) is 5.69 Å². The number of nitrogens with one attached hydrogen (secondary N) is 2. The summed E-state index contributed by atoms with van der Waals surface area (Å²) in [6.07, 6.45) is 1.56. The second kappa shape index (κ2) is 6.75. The number of para-hydroxylation sites is 1. The van der Waals surface area contributed by atoms with Crippen molar-refractivity contribution in [2.75, 3.05) is 10.6 Å². The molecule has 0 aliphatic heterocycles. The first-order valence-electron chi connectivity index (χ1n) is 7.46. The molecule has 0 radical (unpaired) electrons. The van der Waals surface area contributed by atoms with Crippen LogP contribution in [0.15, 0.2) is 48.7 Å². The van der Waals surface area contributed by atoms with E-state index >= 15 is 0 Å². The molecule has 0 spiro atoms. The maximum Gasteiger partial charge on any atom is 0.249 e. The topological polar surface area (TPSA) is 86.5 Å². The first-order valence-corrected chi connectivity index (χ1v) is 7.46. The highest BCUT2D eigenvalue weighted by Gasteiger charge is 2.06. The van der Waals surface area contributed by atoms with Gasteiger partial charge in [-0.1, -0.05) is 29.8 Å². The molecule has 0 aliphatic carbocycles. The third-order valence-corrected chi connectivity index (χ3v) is 3.50. The van der Waals surface area contributed by atoms with Crippen molar-refractivity contribution in [3.63, 3.8) is 0 Å². The smallest absolute Gasteiger partial charge is 0.249 e. The Balaban J connectivity index is 1.83. The normalized spacial score (nSPS) is 10.0. The molecule has 3 aromatic rings. The van der Waals surface area contributed by atoms with Gasteiger partial charge < -0.3 is 10.6 Å². The summed E-state index contributed by atoms with van der Waals surface area (Å²) in [4.78, 5) is 4.40. The van der Waals surface area contributed by atoms with Crippen molar-refractivity contribution in [3.05, 3.63) is 65.4 Å². The zero-order valence-corrected chi connectivity index (χ0v) is 13.4. The van der Waals surface area contributed by atoms with Gasteiger partial charge in [-0.05, 0) is 37.6 Å². The number of anilines is 4. The predicted octanol–water partition coefficient (Wildman–Crippen LogP) is 3.85. The van der Waals surface area contributed by atoms with Gasteiger partial charge in [0.05, 0.1) is 17.4 Å². The van der Waals surface area contributed by atoms with Crippen LogP contribution in [0.25, 0.3) is 0 Å². The zero-order valence-electron chi connectivity index (χ0n) is 13.4. The summed E-state index contributed by atoms with van der Waals surface area (Å²) in [5.74, 6) is 0.904. The maximum absolute atomic E-state index is 9.14. The van der Waals surface area contributed by atoms with Crippen LogP contribution in [-0.2, 0) is 0 Å². The van der Waals surface area contributed by atoms with E-state index in [1.54, 1.807) is 24.4 Å². The molecule has 6 heteroatoms. The Labute approximate surface area is 140 Å². The Morgan fingerprint density at radius 1 is 1.00 bits per heavy atom. The molecule has 2 N–H and O–H groups in total. The third kappa shape index (κ3) is 3.47. The van der Waals surface area contributed by atoms with Crippen LogP contribution in [0.5, 0.6) is 0 Å². The molecule has 0 aliphatic rings. The molecule has 118 valence electrons. The fourth-order valence-electron chi connectivity index (χ4n) is 2.32. The van der Waals surface area contributed by atoms with Gasteiger partial charge in [0.1, 0.15) is 6.07 Å². The lowest BCUT2D eigenvalue weighted by Crippen LogP contribution is -2.04. The summed E-state index contributed by atoms with van der Waals surface area (Å²) < 4.78 is 0. The van der Waals surface area contributed by atoms with Crippen molar-refractivity contribution in [1.29, 1.82) is 5.26 Å². The van der Waals surface area contributed by atoms with Crippen LogP contribution >= 0.6 is 0 Å². The van der Waals surface area contributed by atoms with Gasteiger partial charge in [0.25, 0.3) is 0 Å². The first-order chi connectivity index (χ1) is 11.7. The van der Waals surface area contributed by atoms with Gasteiger partial charge in [-0.25, -0.2) is 0 Å². The van der Waals surface area contributed by atoms with E-state index in [9.17, 15) is 0 Å². The van der Waals surface area contributed by atoms with Gasteiger partial charge in [-0.3, -0.25) is 0 Å². The molecule has 2 aromatic carbocycles. The van der Waals surface area contributed by atoms with Gasteiger partial charge in [0.2, 0.25) is 5.95 Å². The molecule has 6 nitrogen and oxygen atoms in total. The highest BCUT2D eigenvalue weighted by Crippen LogP contribution is 2.21. The lowest BCUT2D eigenvalue weighted by Gasteiger charge is -2.10. The van der Waals surface area contributed by atoms with E-state index in [-0.39, 0.29) is 0 Å². The number of nitriles is 1. The summed E-state index contributed by atoms with van der Waals surface area (Å²) in [5, 5.41) is 23.3. The van der Waals surface area contributed by atoms with E-state index in [0.29, 0.717) is 23.0 Å². The molecule has 0 amide bonds. The Morgan fingerprint density at radius 2 is 1.83 bits per heavy atom. The third-order valence-electron chi connectivity index (χ3n) is 3.50. The largest absolute Gasteiger partial charge is 0.339 e. The van der Waals surface area contributed by atoms with Crippen molar-refractivity contribution in [1.82, 2.24) is 15.2 Å². The number of aryl methyl sites for hydroxylation is 2. The molecule has 0 saturated carbocycles. The summed E-state index contributed by atoms with van der Waals surface area (Å²) in [5.41, 5.74) is 4.45. The quantitative estimate of drug-likeness (QED) is 0.760. The highest BCUT2D eigenvalue weighted by molar-refractivity contribution is 5.64. The lowest BCUT2D eigenvalue weighted by molar-refractivity contribution is 0.982. The first kappa shape index (κ1) is 15.4. The molecular formula is C18H16N6. The number of nitrogens with zero attached hydrogens (tertiary/aromatic N) is 4. The second-order valence-corrected chi connectivity index (χ2v) is 5.39. The number of benzene rings is 2. The van der Waals surface area contributed by atoms with E-state index < -0.39 is 0 Å². The van der Waals surface area contributed by atoms with Crippen molar-refractivity contribution < 1.29 is 0 Å². The Bertz CT molecular complexity index is 913. The number of hydrogen-bond donors (Lipinski definition) is 2. The van der Waals surface area contributed by atoms with Crippen LogP contribution in [-0.4, -0.2) is 15.2 Å². The molecule has 1 heterocycles. The average molecular weight is 316 g/mol. The molecule has 0 atom stereocenters. The predicted molar refractivity (Wildman–Crippen MR) is 93.5 cm³/mol. The van der Waals surface area contributed by atoms with E-state index in [1.807, 2.05) is 25.1 Å². The molecule has 0 saturated heterocycles. The molecular weight excluding hydrogens is 300 g/mol. The van der Waals surface area contributed by atoms with Crippen LogP contribution in [0.2, 0.25) is 0 Å². The monoisotopic (exact) mass is 316 g/mol. The number of rotatable bonds is 4. The maximum atomic E-state index is 9.14.